The number of hydrogen-bond acceptors (Lipinski definition) is 3. The Morgan fingerprint density at radius 2 is 2.14 bits per heavy atom. The van der Waals surface area contributed by atoms with Gasteiger partial charge in [0.05, 0.1) is 11.7 Å². The molecule has 0 saturated heterocycles. The SMILES string of the molecule is Cc1cc(/C=N/O)c2ccccc2n1. The lowest BCUT2D eigenvalue weighted by atomic mass is 10.1. The van der Waals surface area contributed by atoms with Crippen molar-refractivity contribution < 1.29 is 5.21 Å². The quantitative estimate of drug-likeness (QED) is 0.422. The van der Waals surface area contributed by atoms with Crippen LogP contribution in [0.2, 0.25) is 0 Å². The van der Waals surface area contributed by atoms with E-state index in [1.807, 2.05) is 37.3 Å². The molecule has 3 heteroatoms. The number of benzene rings is 1. The first-order chi connectivity index (χ1) is 6.81. The van der Waals surface area contributed by atoms with Gasteiger partial charge >= 0.3 is 0 Å². The summed E-state index contributed by atoms with van der Waals surface area (Å²) in [5.74, 6) is 0. The molecule has 0 saturated carbocycles. The third-order valence-electron chi connectivity index (χ3n) is 2.07. The fourth-order valence-electron chi connectivity index (χ4n) is 1.51. The molecule has 1 aromatic heterocycles. The molecule has 1 heterocycles. The van der Waals surface area contributed by atoms with Gasteiger partial charge in [-0.15, -0.1) is 0 Å². The van der Waals surface area contributed by atoms with Gasteiger partial charge in [0, 0.05) is 16.6 Å². The summed E-state index contributed by atoms with van der Waals surface area (Å²) in [6.07, 6.45) is 1.43. The minimum atomic E-state index is 0.885. The summed E-state index contributed by atoms with van der Waals surface area (Å²) in [4.78, 5) is 4.38. The topological polar surface area (TPSA) is 45.5 Å². The number of rotatable bonds is 1. The van der Waals surface area contributed by atoms with E-state index in [9.17, 15) is 0 Å². The van der Waals surface area contributed by atoms with Crippen molar-refractivity contribution in [2.75, 3.05) is 0 Å². The minimum Gasteiger partial charge on any atom is -0.411 e. The highest BCUT2D eigenvalue weighted by molar-refractivity contribution is 5.98. The van der Waals surface area contributed by atoms with Gasteiger partial charge in [-0.1, -0.05) is 23.4 Å². The summed E-state index contributed by atoms with van der Waals surface area (Å²) in [5.41, 5.74) is 2.72. The number of aryl methyl sites for hydroxylation is 1. The molecule has 0 spiro atoms. The standard InChI is InChI=1S/C11H10N2O/c1-8-6-9(7-12-14)10-4-2-3-5-11(10)13-8/h2-7,14H,1H3/b12-7+. The number of para-hydroxylation sites is 1. The van der Waals surface area contributed by atoms with Crippen molar-refractivity contribution >= 4 is 17.1 Å². The number of hydrogen-bond donors (Lipinski definition) is 1. The molecule has 0 unspecified atom stereocenters. The van der Waals surface area contributed by atoms with Crippen molar-refractivity contribution in [3.63, 3.8) is 0 Å². The maximum absolute atomic E-state index is 8.52. The second-order valence-electron chi connectivity index (χ2n) is 3.11. The Morgan fingerprint density at radius 3 is 2.93 bits per heavy atom. The summed E-state index contributed by atoms with van der Waals surface area (Å²) in [5, 5.41) is 12.6. The Morgan fingerprint density at radius 1 is 1.36 bits per heavy atom. The molecule has 3 nitrogen and oxygen atoms in total. The smallest absolute Gasteiger partial charge is 0.0741 e. The summed E-state index contributed by atoms with van der Waals surface area (Å²) in [7, 11) is 0. The maximum Gasteiger partial charge on any atom is 0.0741 e. The Balaban J connectivity index is 2.79. The molecular formula is C11H10N2O. The van der Waals surface area contributed by atoms with E-state index in [-0.39, 0.29) is 0 Å². The van der Waals surface area contributed by atoms with E-state index in [1.165, 1.54) is 6.21 Å². The van der Waals surface area contributed by atoms with E-state index in [1.54, 1.807) is 0 Å². The summed E-state index contributed by atoms with van der Waals surface area (Å²) in [6, 6.07) is 9.67. The molecule has 1 N–H and O–H groups in total. The van der Waals surface area contributed by atoms with Crippen LogP contribution in [0.15, 0.2) is 35.5 Å². The van der Waals surface area contributed by atoms with Gasteiger partial charge in [-0.2, -0.15) is 0 Å². The lowest BCUT2D eigenvalue weighted by Crippen LogP contribution is -1.90. The molecule has 1 aromatic carbocycles. The van der Waals surface area contributed by atoms with E-state index in [0.717, 1.165) is 22.2 Å². The van der Waals surface area contributed by atoms with Gasteiger partial charge in [0.2, 0.25) is 0 Å². The molecule has 0 fully saturated rings. The largest absolute Gasteiger partial charge is 0.411 e. The fraction of sp³-hybridized carbons (Fsp3) is 0.0909. The van der Waals surface area contributed by atoms with Gasteiger partial charge in [0.15, 0.2) is 0 Å². The summed E-state index contributed by atoms with van der Waals surface area (Å²) in [6.45, 7) is 1.92. The normalized spacial score (nSPS) is 11.2. The highest BCUT2D eigenvalue weighted by Gasteiger charge is 2.00. The molecule has 14 heavy (non-hydrogen) atoms. The average Bonchev–Trinajstić information content (AvgIpc) is 2.18. The molecule has 2 rings (SSSR count). The zero-order chi connectivity index (χ0) is 9.97. The van der Waals surface area contributed by atoms with Crippen LogP contribution in [0.25, 0.3) is 10.9 Å². The number of aromatic nitrogens is 1. The summed E-state index contributed by atoms with van der Waals surface area (Å²) < 4.78 is 0. The predicted molar refractivity (Wildman–Crippen MR) is 55.9 cm³/mol. The van der Waals surface area contributed by atoms with Crippen molar-refractivity contribution in [2.24, 2.45) is 5.16 Å². The number of pyridine rings is 1. The van der Waals surface area contributed by atoms with Crippen LogP contribution in [0.1, 0.15) is 11.3 Å². The highest BCUT2D eigenvalue weighted by Crippen LogP contribution is 2.16. The van der Waals surface area contributed by atoms with Crippen LogP contribution < -0.4 is 0 Å². The summed E-state index contributed by atoms with van der Waals surface area (Å²) >= 11 is 0. The van der Waals surface area contributed by atoms with Gasteiger partial charge in [0.25, 0.3) is 0 Å². The first-order valence-electron chi connectivity index (χ1n) is 4.35. The molecule has 0 aliphatic rings. The Bertz CT molecular complexity index is 492. The van der Waals surface area contributed by atoms with Crippen LogP contribution in [-0.4, -0.2) is 16.4 Å². The number of nitrogens with zero attached hydrogens (tertiary/aromatic N) is 2. The second-order valence-corrected chi connectivity index (χ2v) is 3.11. The molecule has 0 bridgehead atoms. The lowest BCUT2D eigenvalue weighted by Gasteiger charge is -2.02. The van der Waals surface area contributed by atoms with Crippen LogP contribution >= 0.6 is 0 Å². The third-order valence-corrected chi connectivity index (χ3v) is 2.07. The van der Waals surface area contributed by atoms with Crippen LogP contribution in [0.5, 0.6) is 0 Å². The van der Waals surface area contributed by atoms with Crippen molar-refractivity contribution in [3.05, 3.63) is 41.6 Å². The first-order valence-corrected chi connectivity index (χ1v) is 4.35. The van der Waals surface area contributed by atoms with Crippen LogP contribution in [0.4, 0.5) is 0 Å². The van der Waals surface area contributed by atoms with Gasteiger partial charge < -0.3 is 5.21 Å². The minimum absolute atomic E-state index is 0.885. The van der Waals surface area contributed by atoms with Gasteiger partial charge in [-0.25, -0.2) is 0 Å². The Kier molecular flexibility index (Phi) is 2.14. The second kappa shape index (κ2) is 3.46. The Labute approximate surface area is 81.7 Å². The van der Waals surface area contributed by atoms with E-state index in [4.69, 9.17) is 5.21 Å². The molecular weight excluding hydrogens is 176 g/mol. The zero-order valence-electron chi connectivity index (χ0n) is 7.81. The van der Waals surface area contributed by atoms with E-state index < -0.39 is 0 Å². The van der Waals surface area contributed by atoms with Crippen molar-refractivity contribution in [3.8, 4) is 0 Å². The van der Waals surface area contributed by atoms with Crippen molar-refractivity contribution in [1.29, 1.82) is 0 Å². The molecule has 0 radical (unpaired) electrons. The molecule has 70 valence electrons. The number of oxime groups is 1. The van der Waals surface area contributed by atoms with E-state index >= 15 is 0 Å². The molecule has 0 aliphatic carbocycles. The molecule has 0 aliphatic heterocycles. The van der Waals surface area contributed by atoms with Crippen LogP contribution in [-0.2, 0) is 0 Å². The zero-order valence-corrected chi connectivity index (χ0v) is 7.81. The van der Waals surface area contributed by atoms with Gasteiger partial charge in [0.1, 0.15) is 0 Å². The first kappa shape index (κ1) is 8.69. The average molecular weight is 186 g/mol. The molecule has 0 atom stereocenters. The fourth-order valence-corrected chi connectivity index (χ4v) is 1.51. The third kappa shape index (κ3) is 1.44. The molecule has 2 aromatic rings. The van der Waals surface area contributed by atoms with E-state index in [2.05, 4.69) is 10.1 Å². The van der Waals surface area contributed by atoms with Gasteiger partial charge in [-0.3, -0.25) is 4.98 Å². The monoisotopic (exact) mass is 186 g/mol. The van der Waals surface area contributed by atoms with Crippen molar-refractivity contribution in [2.45, 2.75) is 6.92 Å². The maximum atomic E-state index is 8.52. The predicted octanol–water partition coefficient (Wildman–Crippen LogP) is 2.35. The van der Waals surface area contributed by atoms with Gasteiger partial charge in [-0.05, 0) is 19.1 Å². The highest BCUT2D eigenvalue weighted by atomic mass is 16.4. The van der Waals surface area contributed by atoms with Crippen LogP contribution in [0, 0.1) is 6.92 Å². The van der Waals surface area contributed by atoms with Crippen molar-refractivity contribution in [1.82, 2.24) is 4.98 Å². The van der Waals surface area contributed by atoms with Crippen LogP contribution in [0.3, 0.4) is 0 Å². The number of fused-ring (bicyclic) bond motifs is 1. The molecule has 0 amide bonds. The lowest BCUT2D eigenvalue weighted by molar-refractivity contribution is 0.322. The Hall–Kier alpha value is -1.90. The van der Waals surface area contributed by atoms with E-state index in [0.29, 0.717) is 0 Å².